The third-order valence-electron chi connectivity index (χ3n) is 4.19. The summed E-state index contributed by atoms with van der Waals surface area (Å²) in [5.41, 5.74) is 0.00230. The van der Waals surface area contributed by atoms with Crippen molar-refractivity contribution in [2.24, 2.45) is 11.8 Å². The smallest absolute Gasteiger partial charge is 0.338 e. The molecule has 3 unspecified atom stereocenters. The number of aromatic hydroxyl groups is 3. The molecule has 27 heavy (non-hydrogen) atoms. The van der Waals surface area contributed by atoms with Crippen LogP contribution in [0.15, 0.2) is 36.6 Å². The average molecular weight is 380 g/mol. The van der Waals surface area contributed by atoms with Gasteiger partial charge in [-0.25, -0.2) is 9.59 Å². The fraction of sp³-hybridized carbons (Fsp3) is 0.333. The number of aliphatic hydroxyl groups excluding tert-OH is 1. The number of phenols is 3. The summed E-state index contributed by atoms with van der Waals surface area (Å²) in [7, 11) is 1.21. The standard InChI is InChI=1S/C18H20O9/c1-3-10-11(12(17(23)25-2)8-27-18(10)24)4-5-26-16(22)9-6-13(19)15(21)14(20)7-9/h3,6-8,10-11,18-21,24H,1,4-5H2,2H3. The Morgan fingerprint density at radius 3 is 2.41 bits per heavy atom. The summed E-state index contributed by atoms with van der Waals surface area (Å²) in [6, 6.07) is 1.89. The zero-order chi connectivity index (χ0) is 20.1. The van der Waals surface area contributed by atoms with Crippen molar-refractivity contribution in [3.8, 4) is 17.2 Å². The molecule has 2 rings (SSSR count). The number of ether oxygens (including phenoxy) is 3. The first-order chi connectivity index (χ1) is 12.8. The van der Waals surface area contributed by atoms with E-state index < -0.39 is 47.3 Å². The maximum absolute atomic E-state index is 12.1. The molecule has 0 radical (unpaired) electrons. The second-order valence-electron chi connectivity index (χ2n) is 5.80. The summed E-state index contributed by atoms with van der Waals surface area (Å²) in [6.45, 7) is 3.48. The molecule has 0 saturated carbocycles. The number of carbonyl (C=O) groups excluding carboxylic acids is 2. The van der Waals surface area contributed by atoms with Gasteiger partial charge in [0.15, 0.2) is 17.2 Å². The van der Waals surface area contributed by atoms with Crippen molar-refractivity contribution in [2.75, 3.05) is 13.7 Å². The number of esters is 2. The van der Waals surface area contributed by atoms with Gasteiger partial charge in [-0.1, -0.05) is 6.08 Å². The zero-order valence-corrected chi connectivity index (χ0v) is 14.5. The Balaban J connectivity index is 2.08. The molecule has 1 aromatic rings. The van der Waals surface area contributed by atoms with Crippen molar-refractivity contribution >= 4 is 11.9 Å². The van der Waals surface area contributed by atoms with Gasteiger partial charge < -0.3 is 34.6 Å². The number of carbonyl (C=O) groups is 2. The predicted octanol–water partition coefficient (Wildman–Crippen LogP) is 1.17. The zero-order valence-electron chi connectivity index (χ0n) is 14.5. The van der Waals surface area contributed by atoms with E-state index in [0.717, 1.165) is 18.4 Å². The molecule has 0 bridgehead atoms. The van der Waals surface area contributed by atoms with Crippen LogP contribution in [0.3, 0.4) is 0 Å². The fourth-order valence-electron chi connectivity index (χ4n) is 2.76. The van der Waals surface area contributed by atoms with Crippen LogP contribution < -0.4 is 0 Å². The van der Waals surface area contributed by atoms with Crippen molar-refractivity contribution in [3.05, 3.63) is 42.2 Å². The maximum Gasteiger partial charge on any atom is 0.338 e. The van der Waals surface area contributed by atoms with E-state index in [1.165, 1.54) is 13.2 Å². The van der Waals surface area contributed by atoms with E-state index in [9.17, 15) is 30.0 Å². The van der Waals surface area contributed by atoms with Gasteiger partial charge in [-0.05, 0) is 18.6 Å². The Bertz CT molecular complexity index is 745. The molecule has 1 aliphatic heterocycles. The van der Waals surface area contributed by atoms with Crippen LogP contribution in [0.2, 0.25) is 0 Å². The Hall–Kier alpha value is -3.20. The van der Waals surface area contributed by atoms with E-state index in [-0.39, 0.29) is 24.2 Å². The molecule has 1 heterocycles. The second kappa shape index (κ2) is 8.45. The molecule has 146 valence electrons. The summed E-state index contributed by atoms with van der Waals surface area (Å²) in [5.74, 6) is -4.76. The lowest BCUT2D eigenvalue weighted by molar-refractivity contribution is -0.142. The summed E-state index contributed by atoms with van der Waals surface area (Å²) in [5, 5.41) is 38.1. The molecule has 9 nitrogen and oxygen atoms in total. The van der Waals surface area contributed by atoms with Crippen molar-refractivity contribution in [1.29, 1.82) is 0 Å². The van der Waals surface area contributed by atoms with E-state index >= 15 is 0 Å². The average Bonchev–Trinajstić information content (AvgIpc) is 2.65. The van der Waals surface area contributed by atoms with Gasteiger partial charge in [0, 0.05) is 11.8 Å². The fourth-order valence-corrected chi connectivity index (χ4v) is 2.76. The largest absolute Gasteiger partial charge is 0.504 e. The lowest BCUT2D eigenvalue weighted by Crippen LogP contribution is -2.36. The summed E-state index contributed by atoms with van der Waals surface area (Å²) >= 11 is 0. The van der Waals surface area contributed by atoms with Crippen LogP contribution in [-0.4, -0.2) is 52.4 Å². The first kappa shape index (κ1) is 20.1. The van der Waals surface area contributed by atoms with Crippen molar-refractivity contribution in [1.82, 2.24) is 0 Å². The first-order valence-electron chi connectivity index (χ1n) is 7.96. The second-order valence-corrected chi connectivity index (χ2v) is 5.80. The van der Waals surface area contributed by atoms with Crippen LogP contribution in [-0.2, 0) is 19.0 Å². The van der Waals surface area contributed by atoms with Crippen LogP contribution in [0.25, 0.3) is 0 Å². The van der Waals surface area contributed by atoms with Gasteiger partial charge in [0.05, 0.1) is 31.1 Å². The lowest BCUT2D eigenvalue weighted by atomic mass is 9.82. The Morgan fingerprint density at radius 1 is 1.22 bits per heavy atom. The molecule has 0 aliphatic carbocycles. The summed E-state index contributed by atoms with van der Waals surface area (Å²) in [4.78, 5) is 24.0. The monoisotopic (exact) mass is 380 g/mol. The Labute approximate surface area is 154 Å². The van der Waals surface area contributed by atoms with E-state index in [1.54, 1.807) is 0 Å². The molecule has 3 atom stereocenters. The quantitative estimate of drug-likeness (QED) is 0.325. The first-order valence-corrected chi connectivity index (χ1v) is 7.96. The molecule has 0 spiro atoms. The van der Waals surface area contributed by atoms with Crippen molar-refractivity contribution in [3.63, 3.8) is 0 Å². The van der Waals surface area contributed by atoms with Crippen LogP contribution in [0.5, 0.6) is 17.2 Å². The molecule has 0 amide bonds. The van der Waals surface area contributed by atoms with Gasteiger partial charge in [-0.2, -0.15) is 0 Å². The third kappa shape index (κ3) is 4.32. The van der Waals surface area contributed by atoms with E-state index in [1.807, 2.05) is 0 Å². The normalized spacial score (nSPS) is 21.6. The molecule has 1 aliphatic rings. The third-order valence-corrected chi connectivity index (χ3v) is 4.19. The van der Waals surface area contributed by atoms with Crippen molar-refractivity contribution < 1.29 is 44.2 Å². The number of aliphatic hydroxyl groups is 1. The molecule has 0 aromatic heterocycles. The van der Waals surface area contributed by atoms with Gasteiger partial charge in [0.1, 0.15) is 0 Å². The minimum atomic E-state index is -1.21. The van der Waals surface area contributed by atoms with Crippen molar-refractivity contribution in [2.45, 2.75) is 12.7 Å². The lowest BCUT2D eigenvalue weighted by Gasteiger charge is -2.32. The van der Waals surface area contributed by atoms with Crippen LogP contribution in [0, 0.1) is 11.8 Å². The molecule has 9 heteroatoms. The highest BCUT2D eigenvalue weighted by atomic mass is 16.6. The highest BCUT2D eigenvalue weighted by Gasteiger charge is 2.37. The Kier molecular flexibility index (Phi) is 6.30. The van der Waals surface area contributed by atoms with E-state index in [2.05, 4.69) is 6.58 Å². The van der Waals surface area contributed by atoms with Gasteiger partial charge in [-0.15, -0.1) is 6.58 Å². The van der Waals surface area contributed by atoms with Crippen LogP contribution in [0.4, 0.5) is 0 Å². The minimum Gasteiger partial charge on any atom is -0.504 e. The maximum atomic E-state index is 12.1. The Morgan fingerprint density at radius 2 is 1.85 bits per heavy atom. The van der Waals surface area contributed by atoms with Gasteiger partial charge in [-0.3, -0.25) is 0 Å². The van der Waals surface area contributed by atoms with Gasteiger partial charge >= 0.3 is 11.9 Å². The molecular formula is C18H20O9. The molecular weight excluding hydrogens is 360 g/mol. The van der Waals surface area contributed by atoms with Gasteiger partial charge in [0.2, 0.25) is 6.29 Å². The SMILES string of the molecule is C=CC1C(O)OC=C(C(=O)OC)C1CCOC(=O)c1cc(O)c(O)c(O)c1. The number of benzene rings is 1. The molecule has 4 N–H and O–H groups in total. The number of rotatable bonds is 6. The summed E-state index contributed by atoms with van der Waals surface area (Å²) in [6.07, 6.45) is 1.49. The summed E-state index contributed by atoms with van der Waals surface area (Å²) < 4.78 is 14.8. The number of hydrogen-bond donors (Lipinski definition) is 4. The van der Waals surface area contributed by atoms with Crippen LogP contribution >= 0.6 is 0 Å². The predicted molar refractivity (Wildman–Crippen MR) is 90.7 cm³/mol. The van der Waals surface area contributed by atoms with Crippen LogP contribution in [0.1, 0.15) is 16.8 Å². The minimum absolute atomic E-state index is 0.142. The molecule has 0 fully saturated rings. The number of hydrogen-bond acceptors (Lipinski definition) is 9. The highest BCUT2D eigenvalue weighted by molar-refractivity contribution is 5.91. The molecule has 1 aromatic carbocycles. The number of phenolic OH excluding ortho intramolecular Hbond substituents is 3. The van der Waals surface area contributed by atoms with E-state index in [4.69, 9.17) is 14.2 Å². The topological polar surface area (TPSA) is 143 Å². The van der Waals surface area contributed by atoms with E-state index in [0.29, 0.717) is 0 Å². The molecule has 0 saturated heterocycles. The van der Waals surface area contributed by atoms with Gasteiger partial charge in [0.25, 0.3) is 0 Å². The highest BCUT2D eigenvalue weighted by Crippen LogP contribution is 2.36. The number of methoxy groups -OCH3 is 1.